The minimum Gasteiger partial charge on any atom is -0.458 e. The van der Waals surface area contributed by atoms with Gasteiger partial charge in [0.1, 0.15) is 12.4 Å². The lowest BCUT2D eigenvalue weighted by Gasteiger charge is -2.31. The Labute approximate surface area is 192 Å². The molecule has 33 heavy (non-hydrogen) atoms. The van der Waals surface area contributed by atoms with Crippen LogP contribution in [0.15, 0.2) is 16.9 Å². The van der Waals surface area contributed by atoms with Crippen LogP contribution >= 0.6 is 11.6 Å². The number of benzene rings is 1. The Bertz CT molecular complexity index is 1470. The maximum Gasteiger partial charge on any atom is 0.343 e. The molecular formula is C24H21ClFN3O4. The van der Waals surface area contributed by atoms with E-state index in [1.165, 1.54) is 6.07 Å². The van der Waals surface area contributed by atoms with Crippen LogP contribution in [0.1, 0.15) is 53.5 Å². The van der Waals surface area contributed by atoms with Crippen molar-refractivity contribution in [3.63, 3.8) is 0 Å². The standard InChI is InChI=1S/C24H21ClFN3O4/c1-2-24(32)14-5-17-21-12(8-29(17)22(30)13(14)9-33-23(24)31)18-10(7-27)3-4-11-19(18)16(28-21)6-15(26)20(11)25/h5-6,10,32H,2-4,7-9,27H2,1H3/t10?,24-/m0/s1. The molecule has 3 N–H and O–H groups in total. The summed E-state index contributed by atoms with van der Waals surface area (Å²) < 4.78 is 21.3. The molecule has 2 atom stereocenters. The van der Waals surface area contributed by atoms with Crippen molar-refractivity contribution in [3.8, 4) is 11.4 Å². The minimum atomic E-state index is -1.90. The lowest BCUT2D eigenvalue weighted by molar-refractivity contribution is -0.172. The monoisotopic (exact) mass is 469 g/mol. The fraction of sp³-hybridized carbons (Fsp3) is 0.375. The van der Waals surface area contributed by atoms with E-state index in [1.807, 2.05) is 0 Å². The second-order valence-electron chi connectivity index (χ2n) is 8.97. The van der Waals surface area contributed by atoms with Crippen molar-refractivity contribution >= 4 is 28.5 Å². The van der Waals surface area contributed by atoms with Gasteiger partial charge in [0, 0.05) is 22.6 Å². The zero-order valence-corrected chi connectivity index (χ0v) is 18.6. The molecule has 7 nitrogen and oxygen atoms in total. The summed E-state index contributed by atoms with van der Waals surface area (Å²) in [6.07, 6.45) is 1.39. The molecule has 1 aliphatic carbocycles. The van der Waals surface area contributed by atoms with Crippen molar-refractivity contribution in [2.24, 2.45) is 5.73 Å². The summed E-state index contributed by atoms with van der Waals surface area (Å²) in [6, 6.07) is 2.98. The SMILES string of the molecule is CC[C@@]1(O)C(=O)OCc2c1cc1n(c2=O)Cc2c-1nc1cc(F)c(Cl)c3c1c2C(CN)CC3. The highest BCUT2D eigenvalue weighted by atomic mass is 35.5. The number of aromatic nitrogens is 2. The van der Waals surface area contributed by atoms with Gasteiger partial charge in [0.15, 0.2) is 5.60 Å². The number of rotatable bonds is 2. The van der Waals surface area contributed by atoms with E-state index in [0.717, 1.165) is 28.5 Å². The topological polar surface area (TPSA) is 107 Å². The Kier molecular flexibility index (Phi) is 4.31. The van der Waals surface area contributed by atoms with Gasteiger partial charge in [-0.1, -0.05) is 18.5 Å². The molecule has 0 radical (unpaired) electrons. The molecule has 0 spiro atoms. The first-order valence-corrected chi connectivity index (χ1v) is 11.4. The lowest BCUT2D eigenvalue weighted by atomic mass is 9.79. The molecule has 2 aromatic heterocycles. The van der Waals surface area contributed by atoms with Crippen molar-refractivity contribution < 1.29 is 19.0 Å². The van der Waals surface area contributed by atoms with Crippen LogP contribution in [-0.4, -0.2) is 27.2 Å². The average Bonchev–Trinajstić information content (AvgIpc) is 3.18. The van der Waals surface area contributed by atoms with Crippen LogP contribution in [0.4, 0.5) is 4.39 Å². The smallest absolute Gasteiger partial charge is 0.343 e. The number of aryl methyl sites for hydroxylation is 1. The predicted molar refractivity (Wildman–Crippen MR) is 120 cm³/mol. The fourth-order valence-corrected chi connectivity index (χ4v) is 5.93. The van der Waals surface area contributed by atoms with Crippen LogP contribution in [-0.2, 0) is 34.7 Å². The van der Waals surface area contributed by atoms with Crippen LogP contribution in [0.5, 0.6) is 0 Å². The highest BCUT2D eigenvalue weighted by Crippen LogP contribution is 2.47. The molecule has 3 aliphatic rings. The number of cyclic esters (lactones) is 1. The first kappa shape index (κ1) is 20.8. The molecule has 3 aromatic rings. The van der Waals surface area contributed by atoms with Crippen LogP contribution in [0, 0.1) is 5.82 Å². The average molecular weight is 470 g/mol. The number of nitrogens with zero attached hydrogens (tertiary/aromatic N) is 2. The largest absolute Gasteiger partial charge is 0.458 e. The number of fused-ring (bicyclic) bond motifs is 5. The van der Waals surface area contributed by atoms with Gasteiger partial charge in [-0.05, 0) is 48.9 Å². The van der Waals surface area contributed by atoms with Crippen molar-refractivity contribution in [3.05, 3.63) is 61.1 Å². The van der Waals surface area contributed by atoms with E-state index < -0.39 is 17.4 Å². The van der Waals surface area contributed by atoms with Crippen LogP contribution < -0.4 is 11.3 Å². The van der Waals surface area contributed by atoms with E-state index >= 15 is 0 Å². The molecule has 9 heteroatoms. The summed E-state index contributed by atoms with van der Waals surface area (Å²) >= 11 is 6.32. The fourth-order valence-electron chi connectivity index (χ4n) is 5.69. The highest BCUT2D eigenvalue weighted by molar-refractivity contribution is 6.32. The third-order valence-electron chi connectivity index (χ3n) is 7.45. The Morgan fingerprint density at radius 1 is 1.33 bits per heavy atom. The Morgan fingerprint density at radius 2 is 2.12 bits per heavy atom. The number of halogens is 2. The number of hydrogen-bond acceptors (Lipinski definition) is 6. The Hall–Kier alpha value is -2.81. The number of esters is 1. The maximum absolute atomic E-state index is 14.6. The van der Waals surface area contributed by atoms with Crippen molar-refractivity contribution in [1.82, 2.24) is 9.55 Å². The van der Waals surface area contributed by atoms with E-state index in [4.69, 9.17) is 27.1 Å². The molecule has 0 saturated heterocycles. The number of hydrogen-bond donors (Lipinski definition) is 2. The van der Waals surface area contributed by atoms with Gasteiger partial charge in [-0.15, -0.1) is 0 Å². The summed E-state index contributed by atoms with van der Waals surface area (Å²) in [5.74, 6) is -1.28. The molecule has 0 amide bonds. The highest BCUT2D eigenvalue weighted by Gasteiger charge is 2.45. The number of aliphatic hydroxyl groups is 1. The second kappa shape index (κ2) is 6.85. The van der Waals surface area contributed by atoms with Gasteiger partial charge in [-0.25, -0.2) is 14.2 Å². The summed E-state index contributed by atoms with van der Waals surface area (Å²) in [7, 11) is 0. The third-order valence-corrected chi connectivity index (χ3v) is 7.85. The third kappa shape index (κ3) is 2.54. The zero-order chi connectivity index (χ0) is 23.2. The summed E-state index contributed by atoms with van der Waals surface area (Å²) in [6.45, 7) is 2.15. The van der Waals surface area contributed by atoms with Crippen LogP contribution in [0.3, 0.4) is 0 Å². The van der Waals surface area contributed by atoms with E-state index in [0.29, 0.717) is 29.9 Å². The molecular weight excluding hydrogens is 449 g/mol. The summed E-state index contributed by atoms with van der Waals surface area (Å²) in [5, 5.41) is 12.0. The van der Waals surface area contributed by atoms with E-state index in [-0.39, 0.29) is 47.2 Å². The number of carbonyl (C=O) groups is 1. The van der Waals surface area contributed by atoms with Crippen LogP contribution in [0.2, 0.25) is 5.02 Å². The molecule has 2 aliphatic heterocycles. The summed E-state index contributed by atoms with van der Waals surface area (Å²) in [4.78, 5) is 30.6. The van der Waals surface area contributed by atoms with Crippen molar-refractivity contribution in [2.45, 2.75) is 50.9 Å². The molecule has 0 fully saturated rings. The lowest BCUT2D eigenvalue weighted by Crippen LogP contribution is -2.44. The summed E-state index contributed by atoms with van der Waals surface area (Å²) in [5.41, 5.74) is 8.43. The molecule has 170 valence electrons. The maximum atomic E-state index is 14.6. The van der Waals surface area contributed by atoms with Gasteiger partial charge >= 0.3 is 5.97 Å². The number of carbonyl (C=O) groups excluding carboxylic acids is 1. The van der Waals surface area contributed by atoms with E-state index in [2.05, 4.69) is 0 Å². The first-order chi connectivity index (χ1) is 15.8. The molecule has 0 saturated carbocycles. The molecule has 1 unspecified atom stereocenters. The zero-order valence-electron chi connectivity index (χ0n) is 17.9. The van der Waals surface area contributed by atoms with E-state index in [9.17, 15) is 19.1 Å². The predicted octanol–water partition coefficient (Wildman–Crippen LogP) is 2.86. The minimum absolute atomic E-state index is 0.0235. The number of nitrogens with two attached hydrogens (primary N) is 1. The normalized spacial score (nSPS) is 22.7. The molecule has 4 heterocycles. The van der Waals surface area contributed by atoms with Crippen molar-refractivity contribution in [1.29, 1.82) is 0 Å². The molecule has 1 aromatic carbocycles. The Morgan fingerprint density at radius 3 is 2.85 bits per heavy atom. The van der Waals surface area contributed by atoms with Crippen LogP contribution in [0.25, 0.3) is 22.3 Å². The van der Waals surface area contributed by atoms with Crippen molar-refractivity contribution in [2.75, 3.05) is 6.54 Å². The van der Waals surface area contributed by atoms with Gasteiger partial charge in [-0.2, -0.15) is 0 Å². The van der Waals surface area contributed by atoms with Gasteiger partial charge in [-0.3, -0.25) is 4.79 Å². The Balaban J connectivity index is 1.70. The molecule has 0 bridgehead atoms. The van der Waals surface area contributed by atoms with Gasteiger partial charge in [0.25, 0.3) is 5.56 Å². The van der Waals surface area contributed by atoms with E-state index in [1.54, 1.807) is 17.6 Å². The molecule has 6 rings (SSSR count). The van der Waals surface area contributed by atoms with Gasteiger partial charge in [0.2, 0.25) is 0 Å². The second-order valence-corrected chi connectivity index (χ2v) is 9.35. The number of ether oxygens (including phenoxy) is 1. The van der Waals surface area contributed by atoms with Gasteiger partial charge < -0.3 is 20.1 Å². The quantitative estimate of drug-likeness (QED) is 0.437. The first-order valence-electron chi connectivity index (χ1n) is 11.0. The number of pyridine rings is 2. The van der Waals surface area contributed by atoms with Gasteiger partial charge in [0.05, 0.1) is 34.0 Å².